The molecule has 0 fully saturated rings. The monoisotopic (exact) mass is 300 g/mol. The molecule has 1 aromatic carbocycles. The predicted octanol–water partition coefficient (Wildman–Crippen LogP) is 1.76. The Morgan fingerprint density at radius 1 is 1.47 bits per heavy atom. The number of phenols is 1. The SMILES string of the molecule is Cn1ncnc1CNC(=O)c1c(O)cc(Cl)cc1Cl. The van der Waals surface area contributed by atoms with Crippen LogP contribution >= 0.6 is 23.2 Å². The van der Waals surface area contributed by atoms with E-state index >= 15 is 0 Å². The third-order valence-electron chi connectivity index (χ3n) is 2.47. The van der Waals surface area contributed by atoms with Crippen LogP contribution in [0.1, 0.15) is 16.2 Å². The van der Waals surface area contributed by atoms with Gasteiger partial charge in [-0.3, -0.25) is 9.48 Å². The molecule has 0 spiro atoms. The Bertz CT molecular complexity index is 604. The summed E-state index contributed by atoms with van der Waals surface area (Å²) in [5, 5.41) is 16.5. The Labute approximate surface area is 119 Å². The fourth-order valence-electron chi connectivity index (χ4n) is 1.51. The van der Waals surface area contributed by atoms with Crippen LogP contribution in [0.15, 0.2) is 18.5 Å². The first-order chi connectivity index (χ1) is 8.99. The van der Waals surface area contributed by atoms with Gasteiger partial charge in [-0.2, -0.15) is 5.10 Å². The van der Waals surface area contributed by atoms with Gasteiger partial charge in [0, 0.05) is 12.1 Å². The van der Waals surface area contributed by atoms with Crippen LogP contribution in [0, 0.1) is 0 Å². The van der Waals surface area contributed by atoms with Crippen molar-refractivity contribution in [2.45, 2.75) is 6.54 Å². The van der Waals surface area contributed by atoms with Crippen LogP contribution in [-0.4, -0.2) is 25.8 Å². The van der Waals surface area contributed by atoms with Crippen molar-refractivity contribution in [2.75, 3.05) is 0 Å². The molecule has 0 bridgehead atoms. The van der Waals surface area contributed by atoms with Crippen molar-refractivity contribution in [3.05, 3.63) is 39.9 Å². The van der Waals surface area contributed by atoms with Crippen molar-refractivity contribution in [3.63, 3.8) is 0 Å². The third-order valence-corrected chi connectivity index (χ3v) is 2.99. The first-order valence-electron chi connectivity index (χ1n) is 5.28. The van der Waals surface area contributed by atoms with Crippen molar-refractivity contribution in [1.29, 1.82) is 0 Å². The number of rotatable bonds is 3. The summed E-state index contributed by atoms with van der Waals surface area (Å²) in [4.78, 5) is 15.9. The van der Waals surface area contributed by atoms with Crippen molar-refractivity contribution in [1.82, 2.24) is 20.1 Å². The van der Waals surface area contributed by atoms with E-state index in [1.165, 1.54) is 23.1 Å². The van der Waals surface area contributed by atoms with Gasteiger partial charge in [0.05, 0.1) is 17.1 Å². The normalized spacial score (nSPS) is 10.5. The minimum atomic E-state index is -0.512. The molecule has 100 valence electrons. The number of nitrogens with one attached hydrogen (secondary N) is 1. The van der Waals surface area contributed by atoms with E-state index in [-0.39, 0.29) is 27.9 Å². The molecule has 0 saturated carbocycles. The van der Waals surface area contributed by atoms with Crippen LogP contribution < -0.4 is 5.32 Å². The summed E-state index contributed by atoms with van der Waals surface area (Å²) < 4.78 is 1.53. The van der Waals surface area contributed by atoms with E-state index in [0.717, 1.165) is 0 Å². The maximum Gasteiger partial charge on any atom is 0.256 e. The second-order valence-electron chi connectivity index (χ2n) is 3.76. The molecular weight excluding hydrogens is 291 g/mol. The van der Waals surface area contributed by atoms with Crippen LogP contribution in [0.3, 0.4) is 0 Å². The summed E-state index contributed by atoms with van der Waals surface area (Å²) in [6, 6.07) is 2.64. The minimum absolute atomic E-state index is 0.0202. The molecule has 19 heavy (non-hydrogen) atoms. The molecule has 0 unspecified atom stereocenters. The molecule has 0 aliphatic carbocycles. The van der Waals surface area contributed by atoms with Crippen molar-refractivity contribution < 1.29 is 9.90 Å². The number of carbonyl (C=O) groups is 1. The van der Waals surface area contributed by atoms with Crippen molar-refractivity contribution in [2.24, 2.45) is 7.05 Å². The molecule has 6 nitrogen and oxygen atoms in total. The average molecular weight is 301 g/mol. The molecule has 1 heterocycles. The summed E-state index contributed by atoms with van der Waals surface area (Å²) in [6.45, 7) is 0.174. The van der Waals surface area contributed by atoms with Gasteiger partial charge >= 0.3 is 0 Å². The number of amides is 1. The molecule has 0 aliphatic rings. The molecule has 2 rings (SSSR count). The lowest BCUT2D eigenvalue weighted by Gasteiger charge is -2.08. The zero-order valence-electron chi connectivity index (χ0n) is 9.89. The van der Waals surface area contributed by atoms with Gasteiger partial charge in [0.25, 0.3) is 5.91 Å². The van der Waals surface area contributed by atoms with Crippen LogP contribution in [0.25, 0.3) is 0 Å². The van der Waals surface area contributed by atoms with Gasteiger partial charge in [0.1, 0.15) is 17.9 Å². The highest BCUT2D eigenvalue weighted by molar-refractivity contribution is 6.37. The predicted molar refractivity (Wildman–Crippen MR) is 70.3 cm³/mol. The summed E-state index contributed by atoms with van der Waals surface area (Å²) in [7, 11) is 1.71. The lowest BCUT2D eigenvalue weighted by Crippen LogP contribution is -2.25. The van der Waals surface area contributed by atoms with E-state index < -0.39 is 5.91 Å². The van der Waals surface area contributed by atoms with E-state index in [4.69, 9.17) is 23.2 Å². The van der Waals surface area contributed by atoms with Crippen LogP contribution in [0.4, 0.5) is 0 Å². The maximum absolute atomic E-state index is 11.9. The lowest BCUT2D eigenvalue weighted by molar-refractivity contribution is 0.0947. The van der Waals surface area contributed by atoms with Gasteiger partial charge in [-0.1, -0.05) is 23.2 Å². The zero-order chi connectivity index (χ0) is 14.0. The van der Waals surface area contributed by atoms with Crippen LogP contribution in [0.5, 0.6) is 5.75 Å². The Morgan fingerprint density at radius 2 is 2.21 bits per heavy atom. The molecule has 0 radical (unpaired) electrons. The zero-order valence-corrected chi connectivity index (χ0v) is 11.4. The van der Waals surface area contributed by atoms with Crippen molar-refractivity contribution in [3.8, 4) is 5.75 Å². The fourth-order valence-corrected chi connectivity index (χ4v) is 2.08. The van der Waals surface area contributed by atoms with Gasteiger partial charge < -0.3 is 10.4 Å². The Kier molecular flexibility index (Phi) is 3.92. The Balaban J connectivity index is 2.15. The van der Waals surface area contributed by atoms with Gasteiger partial charge in [-0.05, 0) is 12.1 Å². The van der Waals surface area contributed by atoms with E-state index in [1.54, 1.807) is 7.05 Å². The number of aromatic hydroxyl groups is 1. The molecule has 0 saturated heterocycles. The second kappa shape index (κ2) is 5.46. The minimum Gasteiger partial charge on any atom is -0.507 e. The number of phenolic OH excluding ortho intramolecular Hbond substituents is 1. The highest BCUT2D eigenvalue weighted by atomic mass is 35.5. The molecule has 1 amide bonds. The smallest absolute Gasteiger partial charge is 0.256 e. The first kappa shape index (κ1) is 13.6. The van der Waals surface area contributed by atoms with Gasteiger partial charge in [-0.25, -0.2) is 4.98 Å². The van der Waals surface area contributed by atoms with Gasteiger partial charge in [0.2, 0.25) is 0 Å². The van der Waals surface area contributed by atoms with E-state index in [9.17, 15) is 9.90 Å². The molecular formula is C11H10Cl2N4O2. The lowest BCUT2D eigenvalue weighted by atomic mass is 10.2. The Morgan fingerprint density at radius 3 is 2.79 bits per heavy atom. The number of nitrogens with zero attached hydrogens (tertiary/aromatic N) is 3. The summed E-state index contributed by atoms with van der Waals surface area (Å²) in [5.41, 5.74) is -0.0202. The highest BCUT2D eigenvalue weighted by Crippen LogP contribution is 2.29. The molecule has 2 N–H and O–H groups in total. The number of halogens is 2. The topological polar surface area (TPSA) is 80.0 Å². The van der Waals surface area contributed by atoms with E-state index in [0.29, 0.717) is 5.82 Å². The van der Waals surface area contributed by atoms with Crippen LogP contribution in [0.2, 0.25) is 10.0 Å². The molecule has 0 aliphatic heterocycles. The van der Waals surface area contributed by atoms with Crippen molar-refractivity contribution >= 4 is 29.1 Å². The second-order valence-corrected chi connectivity index (χ2v) is 4.61. The molecule has 8 heteroatoms. The van der Waals surface area contributed by atoms with E-state index in [2.05, 4.69) is 15.4 Å². The van der Waals surface area contributed by atoms with E-state index in [1.807, 2.05) is 0 Å². The molecule has 1 aromatic heterocycles. The number of hydrogen-bond acceptors (Lipinski definition) is 4. The summed E-state index contributed by atoms with van der Waals surface area (Å²) in [5.74, 6) is -0.201. The average Bonchev–Trinajstić information content (AvgIpc) is 2.70. The maximum atomic E-state index is 11.9. The standard InChI is InChI=1S/C11H10Cl2N4O2/c1-17-9(15-5-16-17)4-14-11(19)10-7(13)2-6(12)3-8(10)18/h2-3,5,18H,4H2,1H3,(H,14,19). The summed E-state index contributed by atoms with van der Waals surface area (Å²) in [6.07, 6.45) is 1.38. The largest absolute Gasteiger partial charge is 0.507 e. The number of benzene rings is 1. The first-order valence-corrected chi connectivity index (χ1v) is 6.03. The number of aromatic nitrogens is 3. The number of hydrogen-bond donors (Lipinski definition) is 2. The highest BCUT2D eigenvalue weighted by Gasteiger charge is 2.17. The molecule has 0 atom stereocenters. The Hall–Kier alpha value is -1.79. The quantitative estimate of drug-likeness (QED) is 0.905. The van der Waals surface area contributed by atoms with Gasteiger partial charge in [-0.15, -0.1) is 0 Å². The number of carbonyl (C=O) groups excluding carboxylic acids is 1. The van der Waals surface area contributed by atoms with Gasteiger partial charge in [0.15, 0.2) is 0 Å². The van der Waals surface area contributed by atoms with Crippen LogP contribution in [-0.2, 0) is 13.6 Å². The molecule has 2 aromatic rings. The third kappa shape index (κ3) is 2.97. The fraction of sp³-hybridized carbons (Fsp3) is 0.182. The summed E-state index contributed by atoms with van der Waals surface area (Å²) >= 11 is 11.6. The number of aryl methyl sites for hydroxylation is 1.